The minimum Gasteiger partial charge on any atom is -0.291 e. The van der Waals surface area contributed by atoms with Crippen LogP contribution in [0.1, 0.15) is 9.67 Å². The third-order valence-electron chi connectivity index (χ3n) is 4.04. The van der Waals surface area contributed by atoms with Gasteiger partial charge in [-0.2, -0.15) is 0 Å². The number of fused-ring (bicyclic) bond motifs is 1. The number of aromatic nitrogens is 2. The van der Waals surface area contributed by atoms with Gasteiger partial charge in [-0.05, 0) is 17.0 Å². The standard InChI is InChI=1S/C18H11N3O4S2/c22-14(15-5-2-6-26-15)8-20-10-19-17-16(18(20)23)13(9-27-17)11-3-1-4-12(7-11)21(24)25/h1-7,9-10H,8H2. The third-order valence-corrected chi connectivity index (χ3v) is 5.84. The SMILES string of the molecule is O=C(Cn1cnc2scc(-c3cccc([N+](=O)[O-])c3)c2c1=O)c1cccs1. The molecule has 0 aliphatic heterocycles. The van der Waals surface area contributed by atoms with Crippen molar-refractivity contribution >= 4 is 44.4 Å². The second-order valence-corrected chi connectivity index (χ2v) is 7.52. The Hall–Kier alpha value is -3.17. The van der Waals surface area contributed by atoms with Crippen LogP contribution in [0.15, 0.2) is 58.3 Å². The molecule has 0 bridgehead atoms. The molecule has 1 aromatic carbocycles. The van der Waals surface area contributed by atoms with E-state index in [0.717, 1.165) is 0 Å². The number of nitrogens with zero attached hydrogens (tertiary/aromatic N) is 3. The summed E-state index contributed by atoms with van der Waals surface area (Å²) >= 11 is 2.60. The van der Waals surface area contributed by atoms with Crippen molar-refractivity contribution in [1.82, 2.24) is 9.55 Å². The van der Waals surface area contributed by atoms with Gasteiger partial charge in [-0.15, -0.1) is 22.7 Å². The third kappa shape index (κ3) is 3.18. The van der Waals surface area contributed by atoms with Gasteiger partial charge < -0.3 is 0 Å². The van der Waals surface area contributed by atoms with E-state index >= 15 is 0 Å². The van der Waals surface area contributed by atoms with E-state index in [1.165, 1.54) is 45.7 Å². The monoisotopic (exact) mass is 397 g/mol. The highest BCUT2D eigenvalue weighted by atomic mass is 32.1. The number of rotatable bonds is 5. The molecule has 3 heterocycles. The first-order valence-electron chi connectivity index (χ1n) is 7.83. The lowest BCUT2D eigenvalue weighted by atomic mass is 10.1. The van der Waals surface area contributed by atoms with Gasteiger partial charge in [0.05, 0.1) is 28.1 Å². The summed E-state index contributed by atoms with van der Waals surface area (Å²) < 4.78 is 1.28. The Balaban J connectivity index is 1.80. The summed E-state index contributed by atoms with van der Waals surface area (Å²) in [7, 11) is 0. The summed E-state index contributed by atoms with van der Waals surface area (Å²) in [5, 5.41) is 15.0. The van der Waals surface area contributed by atoms with Crippen LogP contribution in [0.3, 0.4) is 0 Å². The number of hydrogen-bond acceptors (Lipinski definition) is 7. The van der Waals surface area contributed by atoms with Crippen LogP contribution >= 0.6 is 22.7 Å². The first-order valence-corrected chi connectivity index (χ1v) is 9.58. The van der Waals surface area contributed by atoms with Crippen LogP contribution in [-0.4, -0.2) is 20.3 Å². The molecule has 0 aliphatic rings. The number of benzene rings is 1. The smallest absolute Gasteiger partial charge is 0.270 e. The van der Waals surface area contributed by atoms with Gasteiger partial charge in [-0.25, -0.2) is 4.98 Å². The van der Waals surface area contributed by atoms with Gasteiger partial charge in [0.15, 0.2) is 5.78 Å². The molecule has 9 heteroatoms. The Morgan fingerprint density at radius 2 is 2.07 bits per heavy atom. The quantitative estimate of drug-likeness (QED) is 0.288. The first-order chi connectivity index (χ1) is 13.0. The summed E-state index contributed by atoms with van der Waals surface area (Å²) in [6.07, 6.45) is 1.36. The highest BCUT2D eigenvalue weighted by molar-refractivity contribution is 7.17. The lowest BCUT2D eigenvalue weighted by Crippen LogP contribution is -2.24. The lowest BCUT2D eigenvalue weighted by Gasteiger charge is -2.05. The van der Waals surface area contributed by atoms with Gasteiger partial charge in [0.1, 0.15) is 4.83 Å². The Morgan fingerprint density at radius 1 is 1.22 bits per heavy atom. The molecule has 0 unspecified atom stereocenters. The van der Waals surface area contributed by atoms with Crippen molar-refractivity contribution in [3.63, 3.8) is 0 Å². The van der Waals surface area contributed by atoms with Gasteiger partial charge in [0.25, 0.3) is 11.2 Å². The molecular formula is C18H11N3O4S2. The second-order valence-electron chi connectivity index (χ2n) is 5.72. The molecule has 7 nitrogen and oxygen atoms in total. The highest BCUT2D eigenvalue weighted by Gasteiger charge is 2.17. The van der Waals surface area contributed by atoms with E-state index < -0.39 is 4.92 Å². The van der Waals surface area contributed by atoms with Gasteiger partial charge in [-0.1, -0.05) is 18.2 Å². The number of carbonyl (C=O) groups excluding carboxylic acids is 1. The number of thiophene rings is 2. The molecule has 0 fully saturated rings. The molecule has 27 heavy (non-hydrogen) atoms. The number of nitro benzene ring substituents is 1. The topological polar surface area (TPSA) is 95.1 Å². The van der Waals surface area contributed by atoms with Crippen molar-refractivity contribution in [2.75, 3.05) is 0 Å². The zero-order valence-electron chi connectivity index (χ0n) is 13.7. The minimum absolute atomic E-state index is 0.0519. The van der Waals surface area contributed by atoms with Gasteiger partial charge >= 0.3 is 0 Å². The van der Waals surface area contributed by atoms with Gasteiger partial charge in [0.2, 0.25) is 0 Å². The Bertz CT molecular complexity index is 1230. The molecule has 0 spiro atoms. The maximum absolute atomic E-state index is 13.0. The number of hydrogen-bond donors (Lipinski definition) is 0. The maximum atomic E-state index is 13.0. The molecule has 4 rings (SSSR count). The average molecular weight is 397 g/mol. The summed E-state index contributed by atoms with van der Waals surface area (Å²) in [4.78, 5) is 41.2. The normalized spacial score (nSPS) is 11.0. The maximum Gasteiger partial charge on any atom is 0.270 e. The largest absolute Gasteiger partial charge is 0.291 e. The number of non-ortho nitro benzene ring substituents is 1. The molecule has 0 saturated heterocycles. The van der Waals surface area contributed by atoms with E-state index in [0.29, 0.717) is 26.2 Å². The predicted octanol–water partition coefficient (Wildman–Crippen LogP) is 3.98. The number of carbonyl (C=O) groups is 1. The van der Waals surface area contributed by atoms with Gasteiger partial charge in [-0.3, -0.25) is 24.3 Å². The summed E-state index contributed by atoms with van der Waals surface area (Å²) in [5.41, 5.74) is 0.752. The molecule has 0 radical (unpaired) electrons. The fourth-order valence-electron chi connectivity index (χ4n) is 2.75. The Morgan fingerprint density at radius 3 is 2.81 bits per heavy atom. The van der Waals surface area contributed by atoms with Crippen LogP contribution in [0.4, 0.5) is 5.69 Å². The average Bonchev–Trinajstić information content (AvgIpc) is 3.34. The second kappa shape index (κ2) is 6.86. The van der Waals surface area contributed by atoms with Crippen molar-refractivity contribution in [3.8, 4) is 11.1 Å². The predicted molar refractivity (Wildman–Crippen MR) is 105 cm³/mol. The van der Waals surface area contributed by atoms with Crippen LogP contribution in [-0.2, 0) is 6.54 Å². The van der Waals surface area contributed by atoms with E-state index in [2.05, 4.69) is 4.98 Å². The fourth-order valence-corrected chi connectivity index (χ4v) is 4.31. The molecule has 0 N–H and O–H groups in total. The number of ketones is 1. The molecule has 0 aliphatic carbocycles. The van der Waals surface area contributed by atoms with Crippen molar-refractivity contribution in [2.45, 2.75) is 6.54 Å². The lowest BCUT2D eigenvalue weighted by molar-refractivity contribution is -0.384. The zero-order valence-corrected chi connectivity index (χ0v) is 15.3. The molecule has 134 valence electrons. The molecule has 0 saturated carbocycles. The summed E-state index contributed by atoms with van der Waals surface area (Å²) in [6, 6.07) is 9.60. The Labute approximate surface area is 160 Å². The van der Waals surface area contributed by atoms with E-state index in [1.807, 2.05) is 0 Å². The molecule has 0 atom stereocenters. The van der Waals surface area contributed by atoms with Crippen molar-refractivity contribution in [3.05, 3.63) is 78.8 Å². The number of Topliss-reactive ketones (excluding diaryl/α,β-unsaturated/α-hetero) is 1. The zero-order chi connectivity index (χ0) is 19.0. The van der Waals surface area contributed by atoms with Crippen LogP contribution in [0.25, 0.3) is 21.3 Å². The summed E-state index contributed by atoms with van der Waals surface area (Å²) in [6.45, 7) is -0.105. The van der Waals surface area contributed by atoms with Crippen LogP contribution < -0.4 is 5.56 Å². The molecule has 0 amide bonds. The van der Waals surface area contributed by atoms with Crippen molar-refractivity contribution < 1.29 is 9.72 Å². The van der Waals surface area contributed by atoms with Crippen molar-refractivity contribution in [1.29, 1.82) is 0 Å². The highest BCUT2D eigenvalue weighted by Crippen LogP contribution is 2.32. The summed E-state index contributed by atoms with van der Waals surface area (Å²) in [5.74, 6) is -0.166. The van der Waals surface area contributed by atoms with E-state index in [1.54, 1.807) is 35.0 Å². The van der Waals surface area contributed by atoms with Crippen LogP contribution in [0.5, 0.6) is 0 Å². The van der Waals surface area contributed by atoms with Crippen LogP contribution in [0.2, 0.25) is 0 Å². The van der Waals surface area contributed by atoms with Crippen LogP contribution in [0, 0.1) is 10.1 Å². The fraction of sp³-hybridized carbons (Fsp3) is 0.0556. The minimum atomic E-state index is -0.478. The first kappa shape index (κ1) is 17.3. The van der Waals surface area contributed by atoms with Crippen molar-refractivity contribution in [2.24, 2.45) is 0 Å². The molecule has 4 aromatic rings. The van der Waals surface area contributed by atoms with E-state index in [9.17, 15) is 19.7 Å². The van der Waals surface area contributed by atoms with Gasteiger partial charge in [0, 0.05) is 23.1 Å². The Kier molecular flexibility index (Phi) is 4.38. The number of nitro groups is 1. The molecule has 3 aromatic heterocycles. The van der Waals surface area contributed by atoms with E-state index in [-0.39, 0.29) is 23.6 Å². The van der Waals surface area contributed by atoms with E-state index in [4.69, 9.17) is 0 Å². The molecular weight excluding hydrogens is 386 g/mol.